The summed E-state index contributed by atoms with van der Waals surface area (Å²) in [5, 5.41) is 12.5. The monoisotopic (exact) mass is 267 g/mol. The van der Waals surface area contributed by atoms with Crippen LogP contribution in [0.4, 0.5) is 0 Å². The molecule has 0 aromatic carbocycles. The van der Waals surface area contributed by atoms with Gasteiger partial charge in [0.05, 0.1) is 18.3 Å². The van der Waals surface area contributed by atoms with Crippen LogP contribution in [0.15, 0.2) is 0 Å². The maximum absolute atomic E-state index is 9.19. The highest BCUT2D eigenvalue weighted by molar-refractivity contribution is 5.03. The number of ether oxygens (including phenoxy) is 1. The molecular weight excluding hydrogens is 238 g/mol. The van der Waals surface area contributed by atoms with Gasteiger partial charge in [-0.2, -0.15) is 5.26 Å². The van der Waals surface area contributed by atoms with Gasteiger partial charge in [0.25, 0.3) is 0 Å². The Kier molecular flexibility index (Phi) is 6.25. The van der Waals surface area contributed by atoms with Crippen molar-refractivity contribution < 1.29 is 4.74 Å². The highest BCUT2D eigenvalue weighted by Gasteiger charge is 2.27. The highest BCUT2D eigenvalue weighted by atomic mass is 16.5. The summed E-state index contributed by atoms with van der Waals surface area (Å²) < 4.78 is 5.71. The molecule has 1 N–H and O–H groups in total. The third-order valence-corrected chi connectivity index (χ3v) is 3.72. The molecule has 19 heavy (non-hydrogen) atoms. The lowest BCUT2D eigenvalue weighted by Gasteiger charge is -2.38. The van der Waals surface area contributed by atoms with Crippen molar-refractivity contribution >= 4 is 0 Å². The average Bonchev–Trinajstić information content (AvgIpc) is 2.34. The van der Waals surface area contributed by atoms with Gasteiger partial charge >= 0.3 is 0 Å². The normalized spacial score (nSPS) is 22.7. The maximum atomic E-state index is 9.19. The van der Waals surface area contributed by atoms with Crippen LogP contribution in [0, 0.1) is 11.3 Å². The third-order valence-electron chi connectivity index (χ3n) is 3.72. The molecule has 0 amide bonds. The van der Waals surface area contributed by atoms with Gasteiger partial charge in [-0.25, -0.2) is 0 Å². The summed E-state index contributed by atoms with van der Waals surface area (Å²) in [5.41, 5.74) is -0.373. The molecule has 1 saturated heterocycles. The lowest BCUT2D eigenvalue weighted by Crippen LogP contribution is -2.48. The second-order valence-electron chi connectivity index (χ2n) is 6.32. The highest BCUT2D eigenvalue weighted by Crippen LogP contribution is 2.18. The summed E-state index contributed by atoms with van der Waals surface area (Å²) in [4.78, 5) is 2.47. The number of nitrogens with zero attached hydrogens (tertiary/aromatic N) is 2. The van der Waals surface area contributed by atoms with Crippen molar-refractivity contribution in [2.75, 3.05) is 32.8 Å². The molecule has 4 heteroatoms. The second-order valence-corrected chi connectivity index (χ2v) is 6.32. The van der Waals surface area contributed by atoms with E-state index in [4.69, 9.17) is 4.74 Å². The molecule has 0 saturated carbocycles. The molecular formula is C15H29N3O. The molecule has 1 rings (SSSR count). The molecule has 1 unspecified atom stereocenters. The third kappa shape index (κ3) is 5.90. The fourth-order valence-corrected chi connectivity index (χ4v) is 2.69. The van der Waals surface area contributed by atoms with Gasteiger partial charge in [0, 0.05) is 13.1 Å². The van der Waals surface area contributed by atoms with E-state index in [0.29, 0.717) is 0 Å². The van der Waals surface area contributed by atoms with Crippen molar-refractivity contribution in [2.24, 2.45) is 0 Å². The summed E-state index contributed by atoms with van der Waals surface area (Å²) in [6.45, 7) is 13.2. The predicted octanol–water partition coefficient (Wildman–Crippen LogP) is 2.16. The van der Waals surface area contributed by atoms with Crippen molar-refractivity contribution in [1.82, 2.24) is 10.2 Å². The van der Waals surface area contributed by atoms with Crippen molar-refractivity contribution in [2.45, 2.75) is 58.1 Å². The average molecular weight is 267 g/mol. The number of rotatable bonds is 7. The van der Waals surface area contributed by atoms with E-state index in [-0.39, 0.29) is 11.1 Å². The number of nitrogens with one attached hydrogen (secondary N) is 1. The van der Waals surface area contributed by atoms with Crippen LogP contribution in [0.3, 0.4) is 0 Å². The van der Waals surface area contributed by atoms with Gasteiger partial charge in [-0.05, 0) is 53.1 Å². The Bertz CT molecular complexity index is 311. The van der Waals surface area contributed by atoms with Gasteiger partial charge in [-0.1, -0.05) is 6.92 Å². The van der Waals surface area contributed by atoms with E-state index < -0.39 is 0 Å². The molecule has 0 spiro atoms. The van der Waals surface area contributed by atoms with Crippen LogP contribution >= 0.6 is 0 Å². The van der Waals surface area contributed by atoms with E-state index >= 15 is 0 Å². The van der Waals surface area contributed by atoms with E-state index in [1.54, 1.807) is 0 Å². The van der Waals surface area contributed by atoms with Gasteiger partial charge in [0.15, 0.2) is 0 Å². The molecule has 0 radical (unpaired) electrons. The van der Waals surface area contributed by atoms with E-state index in [9.17, 15) is 5.26 Å². The fraction of sp³-hybridized carbons (Fsp3) is 0.933. The number of morpholine rings is 1. The molecule has 0 bridgehead atoms. The first-order chi connectivity index (χ1) is 8.91. The number of unbranched alkanes of at least 4 members (excludes halogenated alkanes) is 1. The fourth-order valence-electron chi connectivity index (χ4n) is 2.69. The summed E-state index contributed by atoms with van der Waals surface area (Å²) >= 11 is 0. The molecule has 0 aromatic heterocycles. The number of nitriles is 1. The van der Waals surface area contributed by atoms with E-state index in [1.165, 1.54) is 0 Å². The van der Waals surface area contributed by atoms with Crippen LogP contribution in [-0.2, 0) is 4.74 Å². The zero-order valence-electron chi connectivity index (χ0n) is 13.0. The lowest BCUT2D eigenvalue weighted by molar-refractivity contribution is -0.0861. The Hall–Kier alpha value is -0.630. The summed E-state index contributed by atoms with van der Waals surface area (Å²) in [6.07, 6.45) is 3.17. The van der Waals surface area contributed by atoms with Gasteiger partial charge in [-0.3, -0.25) is 10.2 Å². The van der Waals surface area contributed by atoms with Gasteiger partial charge in [0.2, 0.25) is 0 Å². The molecule has 1 fully saturated rings. The zero-order chi connectivity index (χ0) is 14.4. The molecule has 1 aliphatic rings. The van der Waals surface area contributed by atoms with Crippen LogP contribution < -0.4 is 5.32 Å². The Balaban J connectivity index is 2.22. The standard InChI is InChI=1S/C15H29N3O/c1-5-17-15(4,12-16)8-6-7-9-18-10-11-19-14(2,3)13-18/h17H,5-11,13H2,1-4H3. The molecule has 1 aliphatic heterocycles. The minimum atomic E-state index is -0.362. The van der Waals surface area contributed by atoms with E-state index in [2.05, 4.69) is 30.1 Å². The second kappa shape index (κ2) is 7.23. The quantitative estimate of drug-likeness (QED) is 0.718. The molecule has 0 aromatic rings. The summed E-state index contributed by atoms with van der Waals surface area (Å²) in [7, 11) is 0. The van der Waals surface area contributed by atoms with Crippen LogP contribution in [-0.4, -0.2) is 48.8 Å². The lowest BCUT2D eigenvalue weighted by atomic mass is 9.96. The van der Waals surface area contributed by atoms with E-state index in [0.717, 1.165) is 52.0 Å². The summed E-state index contributed by atoms with van der Waals surface area (Å²) in [5.74, 6) is 0. The molecule has 1 atom stereocenters. The molecule has 0 aliphatic carbocycles. The number of hydrogen-bond donors (Lipinski definition) is 1. The molecule has 1 heterocycles. The van der Waals surface area contributed by atoms with Crippen molar-refractivity contribution in [3.63, 3.8) is 0 Å². The SMILES string of the molecule is CCNC(C)(C#N)CCCCN1CCOC(C)(C)C1. The Morgan fingerprint density at radius 1 is 1.42 bits per heavy atom. The number of hydrogen-bond acceptors (Lipinski definition) is 4. The minimum absolute atomic E-state index is 0.0107. The van der Waals surface area contributed by atoms with Crippen molar-refractivity contribution in [1.29, 1.82) is 5.26 Å². The first kappa shape index (κ1) is 16.4. The van der Waals surface area contributed by atoms with Gasteiger partial charge < -0.3 is 4.74 Å². The topological polar surface area (TPSA) is 48.3 Å². The van der Waals surface area contributed by atoms with Crippen LogP contribution in [0.25, 0.3) is 0 Å². The zero-order valence-corrected chi connectivity index (χ0v) is 13.0. The van der Waals surface area contributed by atoms with Crippen molar-refractivity contribution in [3.8, 4) is 6.07 Å². The first-order valence-corrected chi connectivity index (χ1v) is 7.43. The maximum Gasteiger partial charge on any atom is 0.103 e. The van der Waals surface area contributed by atoms with Crippen LogP contribution in [0.1, 0.15) is 47.0 Å². The van der Waals surface area contributed by atoms with Gasteiger partial charge in [0.1, 0.15) is 5.54 Å². The van der Waals surface area contributed by atoms with Crippen molar-refractivity contribution in [3.05, 3.63) is 0 Å². The minimum Gasteiger partial charge on any atom is -0.373 e. The van der Waals surface area contributed by atoms with E-state index in [1.807, 2.05) is 13.8 Å². The largest absolute Gasteiger partial charge is 0.373 e. The van der Waals surface area contributed by atoms with Crippen LogP contribution in [0.2, 0.25) is 0 Å². The smallest absolute Gasteiger partial charge is 0.103 e. The Labute approximate surface area is 118 Å². The first-order valence-electron chi connectivity index (χ1n) is 7.43. The van der Waals surface area contributed by atoms with Crippen LogP contribution in [0.5, 0.6) is 0 Å². The van der Waals surface area contributed by atoms with Gasteiger partial charge in [-0.15, -0.1) is 0 Å². The Morgan fingerprint density at radius 2 is 2.16 bits per heavy atom. The molecule has 4 nitrogen and oxygen atoms in total. The predicted molar refractivity (Wildman–Crippen MR) is 78.0 cm³/mol. The summed E-state index contributed by atoms with van der Waals surface area (Å²) in [6, 6.07) is 2.39. The Morgan fingerprint density at radius 3 is 2.74 bits per heavy atom. The molecule has 110 valence electrons.